The molecule has 5 rings (SSSR count). The number of aliphatic hydroxyl groups excluding tert-OH is 2. The molecule has 34 heavy (non-hydrogen) atoms. The minimum atomic E-state index is -0.474. The number of hydrogen-bond acceptors (Lipinski definition) is 6. The van der Waals surface area contributed by atoms with E-state index in [-0.39, 0.29) is 32.0 Å². The van der Waals surface area contributed by atoms with Crippen molar-refractivity contribution >= 4 is 57.3 Å². The van der Waals surface area contributed by atoms with Crippen molar-refractivity contribution < 1.29 is 30.6 Å². The maximum atomic E-state index is 11.1. The first-order chi connectivity index (χ1) is 16.3. The highest BCUT2D eigenvalue weighted by Crippen LogP contribution is 2.41. The van der Waals surface area contributed by atoms with E-state index in [4.69, 9.17) is 23.2 Å². The van der Waals surface area contributed by atoms with Gasteiger partial charge >= 0.3 is 0 Å². The summed E-state index contributed by atoms with van der Waals surface area (Å²) in [5.41, 5.74) is 0.681. The SMILES string of the molecule is OC=c1c2c(O)n(-c3ccc(Cl)cc3)c(O)c2c(=CO)c2c(O)n(-c3ccc(Cl)cc3)c(O)c12. The van der Waals surface area contributed by atoms with Crippen LogP contribution in [0.4, 0.5) is 0 Å². The second-order valence-electron chi connectivity index (χ2n) is 7.50. The molecule has 0 aliphatic carbocycles. The van der Waals surface area contributed by atoms with Gasteiger partial charge in [-0.15, -0.1) is 0 Å². The molecule has 8 nitrogen and oxygen atoms in total. The van der Waals surface area contributed by atoms with Gasteiger partial charge in [0.2, 0.25) is 23.5 Å². The first-order valence-corrected chi connectivity index (χ1v) is 10.6. The number of aromatic nitrogens is 2. The van der Waals surface area contributed by atoms with E-state index < -0.39 is 23.5 Å². The van der Waals surface area contributed by atoms with E-state index in [1.807, 2.05) is 0 Å². The van der Waals surface area contributed by atoms with Gasteiger partial charge < -0.3 is 30.6 Å². The second-order valence-corrected chi connectivity index (χ2v) is 8.38. The van der Waals surface area contributed by atoms with Crippen LogP contribution in [0.15, 0.2) is 48.5 Å². The average molecular weight is 499 g/mol. The molecular weight excluding hydrogens is 483 g/mol. The number of fused-ring (bicyclic) bond motifs is 2. The summed E-state index contributed by atoms with van der Waals surface area (Å²) < 4.78 is 2.17. The molecule has 0 saturated carbocycles. The van der Waals surface area contributed by atoms with Gasteiger partial charge in [0, 0.05) is 20.5 Å². The fourth-order valence-corrected chi connectivity index (χ4v) is 4.55. The molecule has 0 bridgehead atoms. The highest BCUT2D eigenvalue weighted by atomic mass is 35.5. The number of aliphatic hydroxyl groups is 2. The molecule has 0 fully saturated rings. The van der Waals surface area contributed by atoms with Gasteiger partial charge in [-0.3, -0.25) is 9.13 Å². The second kappa shape index (κ2) is 7.72. The van der Waals surface area contributed by atoms with Crippen molar-refractivity contribution in [2.75, 3.05) is 0 Å². The molecule has 6 N–H and O–H groups in total. The fourth-order valence-electron chi connectivity index (χ4n) is 4.29. The molecule has 0 aliphatic heterocycles. The summed E-state index contributed by atoms with van der Waals surface area (Å²) in [5.74, 6) is -1.90. The zero-order valence-corrected chi connectivity index (χ0v) is 18.6. The van der Waals surface area contributed by atoms with Crippen LogP contribution in [0.1, 0.15) is 0 Å². The van der Waals surface area contributed by atoms with E-state index in [9.17, 15) is 30.6 Å². The predicted octanol–water partition coefficient (Wildman–Crippen LogP) is 4.30. The van der Waals surface area contributed by atoms with Gasteiger partial charge in [-0.2, -0.15) is 0 Å². The summed E-state index contributed by atoms with van der Waals surface area (Å²) >= 11 is 11.9. The Kier molecular flexibility index (Phi) is 4.93. The third kappa shape index (κ3) is 2.86. The maximum Gasteiger partial charge on any atom is 0.207 e. The van der Waals surface area contributed by atoms with E-state index in [0.717, 1.165) is 9.13 Å². The van der Waals surface area contributed by atoms with Crippen molar-refractivity contribution in [2.24, 2.45) is 0 Å². The Labute approximate surface area is 200 Å². The molecule has 10 heteroatoms. The smallest absolute Gasteiger partial charge is 0.207 e. The van der Waals surface area contributed by atoms with E-state index in [0.29, 0.717) is 33.9 Å². The molecule has 5 aromatic rings. The maximum absolute atomic E-state index is 11.1. The molecular formula is C24H16Cl2N2O6. The number of benzene rings is 3. The van der Waals surface area contributed by atoms with Gasteiger partial charge in [-0.25, -0.2) is 0 Å². The summed E-state index contributed by atoms with van der Waals surface area (Å²) in [6, 6.07) is 12.4. The lowest BCUT2D eigenvalue weighted by atomic mass is 10.0. The van der Waals surface area contributed by atoms with Crippen LogP contribution >= 0.6 is 23.2 Å². The number of nitrogens with zero attached hydrogens (tertiary/aromatic N) is 2. The van der Waals surface area contributed by atoms with Crippen molar-refractivity contribution in [3.63, 3.8) is 0 Å². The minimum absolute atomic E-state index is 0.0636. The summed E-state index contributed by atoms with van der Waals surface area (Å²) in [6.45, 7) is 0. The van der Waals surface area contributed by atoms with E-state index >= 15 is 0 Å². The molecule has 2 aromatic heterocycles. The lowest BCUT2D eigenvalue weighted by molar-refractivity contribution is 0.406. The molecule has 0 atom stereocenters. The van der Waals surface area contributed by atoms with Crippen molar-refractivity contribution in [3.05, 3.63) is 69.0 Å². The lowest BCUT2D eigenvalue weighted by Gasteiger charge is -2.07. The van der Waals surface area contributed by atoms with Crippen LogP contribution in [0, 0.1) is 0 Å². The molecule has 0 unspecified atom stereocenters. The van der Waals surface area contributed by atoms with E-state index in [1.54, 1.807) is 48.5 Å². The summed E-state index contributed by atoms with van der Waals surface area (Å²) in [4.78, 5) is 0. The van der Waals surface area contributed by atoms with Gasteiger partial charge in [0.15, 0.2) is 0 Å². The number of rotatable bonds is 2. The zero-order chi connectivity index (χ0) is 24.3. The molecule has 0 aliphatic rings. The molecule has 3 aromatic carbocycles. The van der Waals surface area contributed by atoms with Crippen molar-refractivity contribution in [1.29, 1.82) is 0 Å². The first kappa shape index (κ1) is 21.7. The van der Waals surface area contributed by atoms with Crippen LogP contribution in [0.3, 0.4) is 0 Å². The minimum Gasteiger partial charge on any atom is -0.515 e. The summed E-state index contributed by atoms with van der Waals surface area (Å²) in [5, 5.41) is 65.0. The lowest BCUT2D eigenvalue weighted by Crippen LogP contribution is -2.12. The molecule has 172 valence electrons. The van der Waals surface area contributed by atoms with Crippen LogP contribution < -0.4 is 10.4 Å². The van der Waals surface area contributed by atoms with E-state index in [1.165, 1.54) is 0 Å². The van der Waals surface area contributed by atoms with Crippen molar-refractivity contribution in [3.8, 4) is 34.9 Å². The topological polar surface area (TPSA) is 131 Å². The summed E-state index contributed by atoms with van der Waals surface area (Å²) in [7, 11) is 0. The Balaban J connectivity index is 2.00. The van der Waals surface area contributed by atoms with Crippen LogP contribution in [-0.2, 0) is 0 Å². The quantitative estimate of drug-likeness (QED) is 0.215. The van der Waals surface area contributed by atoms with Crippen molar-refractivity contribution in [2.45, 2.75) is 0 Å². The Morgan fingerprint density at radius 2 is 0.765 bits per heavy atom. The molecule has 0 amide bonds. The van der Waals surface area contributed by atoms with Crippen molar-refractivity contribution in [1.82, 2.24) is 9.13 Å². The Morgan fingerprint density at radius 1 is 0.500 bits per heavy atom. The van der Waals surface area contributed by atoms with Crippen LogP contribution in [0.2, 0.25) is 10.0 Å². The Bertz CT molecular complexity index is 1520. The van der Waals surface area contributed by atoms with Gasteiger partial charge in [-0.1, -0.05) is 23.2 Å². The highest BCUT2D eigenvalue weighted by Gasteiger charge is 2.28. The fraction of sp³-hybridized carbons (Fsp3) is 0. The standard InChI is InChI=1S/C24H16Cl2N2O6/c25-11-1-5-13(6-2-11)27-21(31)17-15(9-29)19-20(16(10-30)18(17)22(27)32)24(34)28(23(19)33)14-7-3-12(26)4-8-14/h1-10,29-34H. The zero-order valence-electron chi connectivity index (χ0n) is 17.1. The number of aromatic hydroxyl groups is 4. The largest absolute Gasteiger partial charge is 0.515 e. The Morgan fingerprint density at radius 3 is 1.00 bits per heavy atom. The predicted molar refractivity (Wildman–Crippen MR) is 130 cm³/mol. The summed E-state index contributed by atoms with van der Waals surface area (Å²) in [6.07, 6.45) is 1.28. The normalized spacial score (nSPS) is 11.4. The molecule has 0 spiro atoms. The molecule has 0 radical (unpaired) electrons. The third-order valence-corrected chi connectivity index (χ3v) is 6.25. The van der Waals surface area contributed by atoms with Crippen LogP contribution in [0.5, 0.6) is 23.5 Å². The van der Waals surface area contributed by atoms with Gasteiger partial charge in [0.1, 0.15) is 0 Å². The highest BCUT2D eigenvalue weighted by molar-refractivity contribution is 6.30. The molecule has 2 heterocycles. The molecule has 0 saturated heterocycles. The third-order valence-electron chi connectivity index (χ3n) is 5.75. The average Bonchev–Trinajstić information content (AvgIpc) is 3.24. The Hall–Kier alpha value is -4.14. The monoisotopic (exact) mass is 498 g/mol. The van der Waals surface area contributed by atoms with Crippen LogP contribution in [0.25, 0.3) is 45.4 Å². The van der Waals surface area contributed by atoms with Gasteiger partial charge in [0.25, 0.3) is 0 Å². The number of halogens is 2. The first-order valence-electron chi connectivity index (χ1n) is 9.85. The van der Waals surface area contributed by atoms with Gasteiger partial charge in [0.05, 0.1) is 45.4 Å². The van der Waals surface area contributed by atoms with Crippen LogP contribution in [-0.4, -0.2) is 39.8 Å². The van der Waals surface area contributed by atoms with Gasteiger partial charge in [-0.05, 0) is 48.5 Å². The number of hydrogen-bond donors (Lipinski definition) is 6. The van der Waals surface area contributed by atoms with E-state index in [2.05, 4.69) is 0 Å².